The largest absolute Gasteiger partial charge is 0.369 e. The van der Waals surface area contributed by atoms with Crippen molar-refractivity contribution in [3.05, 3.63) is 77.5 Å². The molecule has 0 aromatic heterocycles. The molecule has 0 spiro atoms. The van der Waals surface area contributed by atoms with Crippen molar-refractivity contribution in [3.63, 3.8) is 0 Å². The standard InChI is InChI=1S/C26H33N7O/c27-9-2-10-29-17-19-5-7-22(8-6-19)33-18-21-16-24(30-25(21)31-26(33)34)20-3-1-4-23(15-20)32-13-11-28-12-14-32/h1,3-8,15-16,18,25,28-30H,2,9-14,17,27H2,(H,31,34). The minimum atomic E-state index is -0.215. The van der Waals surface area contributed by atoms with Crippen LogP contribution in [-0.4, -0.2) is 51.5 Å². The van der Waals surface area contributed by atoms with Crippen LogP contribution >= 0.6 is 0 Å². The van der Waals surface area contributed by atoms with E-state index in [1.807, 2.05) is 18.3 Å². The number of anilines is 2. The van der Waals surface area contributed by atoms with E-state index in [0.29, 0.717) is 6.54 Å². The van der Waals surface area contributed by atoms with Crippen LogP contribution in [0.2, 0.25) is 0 Å². The highest BCUT2D eigenvalue weighted by Gasteiger charge is 2.31. The molecule has 2 amide bonds. The Bertz CT molecular complexity index is 1070. The molecule has 3 aliphatic rings. The average Bonchev–Trinajstić information content (AvgIpc) is 3.30. The molecule has 0 radical (unpaired) electrons. The zero-order chi connectivity index (χ0) is 23.3. The third kappa shape index (κ3) is 4.94. The summed E-state index contributed by atoms with van der Waals surface area (Å²) in [5, 5.41) is 13.3. The number of nitrogens with two attached hydrogens (primary N) is 1. The number of piperazine rings is 1. The Morgan fingerprint density at radius 2 is 1.85 bits per heavy atom. The first-order chi connectivity index (χ1) is 16.7. The number of carbonyl (C=O) groups excluding carboxylic acids is 1. The molecule has 1 unspecified atom stereocenters. The van der Waals surface area contributed by atoms with Crippen molar-refractivity contribution in [2.24, 2.45) is 5.73 Å². The van der Waals surface area contributed by atoms with Gasteiger partial charge in [0.2, 0.25) is 0 Å². The molecule has 8 heteroatoms. The molecule has 0 saturated carbocycles. The van der Waals surface area contributed by atoms with Gasteiger partial charge in [0.15, 0.2) is 0 Å². The summed E-state index contributed by atoms with van der Waals surface area (Å²) in [6.45, 7) is 6.42. The number of rotatable bonds is 8. The molecule has 8 nitrogen and oxygen atoms in total. The van der Waals surface area contributed by atoms with Crippen molar-refractivity contribution in [3.8, 4) is 0 Å². The zero-order valence-corrected chi connectivity index (χ0v) is 19.4. The van der Waals surface area contributed by atoms with Gasteiger partial charge in [-0.2, -0.15) is 0 Å². The third-order valence-corrected chi connectivity index (χ3v) is 6.45. The van der Waals surface area contributed by atoms with Gasteiger partial charge in [-0.3, -0.25) is 4.90 Å². The second-order valence-corrected chi connectivity index (χ2v) is 8.86. The summed E-state index contributed by atoms with van der Waals surface area (Å²) in [6, 6.07) is 16.5. The van der Waals surface area contributed by atoms with Gasteiger partial charge < -0.3 is 31.9 Å². The summed E-state index contributed by atoms with van der Waals surface area (Å²) in [5.74, 6) is 0. The molecule has 0 bridgehead atoms. The van der Waals surface area contributed by atoms with Crippen LogP contribution in [0.3, 0.4) is 0 Å². The van der Waals surface area contributed by atoms with E-state index >= 15 is 0 Å². The summed E-state index contributed by atoms with van der Waals surface area (Å²) in [4.78, 5) is 16.9. The number of hydrogen-bond acceptors (Lipinski definition) is 6. The van der Waals surface area contributed by atoms with Gasteiger partial charge >= 0.3 is 6.03 Å². The molecule has 1 atom stereocenters. The van der Waals surface area contributed by atoms with E-state index in [4.69, 9.17) is 5.73 Å². The molecule has 2 aromatic rings. The third-order valence-electron chi connectivity index (χ3n) is 6.45. The molecule has 3 aliphatic heterocycles. The fraction of sp³-hybridized carbons (Fsp3) is 0.346. The van der Waals surface area contributed by atoms with Crippen molar-refractivity contribution in [1.82, 2.24) is 21.3 Å². The number of nitrogens with zero attached hydrogens (tertiary/aromatic N) is 2. The van der Waals surface area contributed by atoms with Gasteiger partial charge in [-0.1, -0.05) is 24.3 Å². The van der Waals surface area contributed by atoms with Gasteiger partial charge in [0.1, 0.15) is 6.17 Å². The lowest BCUT2D eigenvalue weighted by Crippen LogP contribution is -2.51. The van der Waals surface area contributed by atoms with E-state index in [2.05, 4.69) is 68.6 Å². The Labute approximate surface area is 200 Å². The maximum atomic E-state index is 12.8. The lowest BCUT2D eigenvalue weighted by atomic mass is 10.1. The van der Waals surface area contributed by atoms with Crippen LogP contribution in [0.4, 0.5) is 16.2 Å². The van der Waals surface area contributed by atoms with Crippen LogP contribution < -0.4 is 36.8 Å². The number of benzene rings is 2. The number of carbonyl (C=O) groups is 1. The van der Waals surface area contributed by atoms with E-state index in [1.54, 1.807) is 4.90 Å². The second kappa shape index (κ2) is 10.3. The Morgan fingerprint density at radius 1 is 1.03 bits per heavy atom. The summed E-state index contributed by atoms with van der Waals surface area (Å²) >= 11 is 0. The van der Waals surface area contributed by atoms with E-state index in [0.717, 1.165) is 68.2 Å². The SMILES string of the molecule is NCCCNCc1ccc(N2C=C3C=C(c4cccc(N5CCNCC5)c4)NC3NC2=O)cc1. The summed E-state index contributed by atoms with van der Waals surface area (Å²) < 4.78 is 0. The maximum absolute atomic E-state index is 12.8. The molecule has 5 rings (SSSR count). The smallest absolute Gasteiger partial charge is 0.327 e. The highest BCUT2D eigenvalue weighted by atomic mass is 16.2. The number of fused-ring (bicyclic) bond motifs is 1. The van der Waals surface area contributed by atoms with Crippen LogP contribution in [0, 0.1) is 0 Å². The topological polar surface area (TPSA) is 97.7 Å². The predicted octanol–water partition coefficient (Wildman–Crippen LogP) is 1.92. The Hall–Kier alpha value is -3.33. The molecule has 1 saturated heterocycles. The number of amides is 2. The van der Waals surface area contributed by atoms with Crippen molar-refractivity contribution in [2.45, 2.75) is 19.1 Å². The molecule has 3 heterocycles. The van der Waals surface area contributed by atoms with Crippen molar-refractivity contribution >= 4 is 23.1 Å². The van der Waals surface area contributed by atoms with Crippen molar-refractivity contribution in [2.75, 3.05) is 49.1 Å². The molecule has 178 valence electrons. The van der Waals surface area contributed by atoms with Gasteiger partial charge in [0, 0.05) is 55.9 Å². The van der Waals surface area contributed by atoms with Gasteiger partial charge in [-0.15, -0.1) is 0 Å². The van der Waals surface area contributed by atoms with Crippen LogP contribution in [0.1, 0.15) is 17.5 Å². The average molecular weight is 460 g/mol. The van der Waals surface area contributed by atoms with Crippen LogP contribution in [0.5, 0.6) is 0 Å². The fourth-order valence-electron chi connectivity index (χ4n) is 4.55. The van der Waals surface area contributed by atoms with Crippen LogP contribution in [0.25, 0.3) is 5.70 Å². The highest BCUT2D eigenvalue weighted by molar-refractivity contribution is 5.96. The fourth-order valence-corrected chi connectivity index (χ4v) is 4.55. The Kier molecular flexibility index (Phi) is 6.80. The van der Waals surface area contributed by atoms with E-state index in [9.17, 15) is 4.79 Å². The number of hydrogen-bond donors (Lipinski definition) is 5. The summed E-state index contributed by atoms with van der Waals surface area (Å²) in [5.41, 5.74) is 12.0. The summed E-state index contributed by atoms with van der Waals surface area (Å²) in [6.07, 6.45) is 4.80. The first kappa shape index (κ1) is 22.5. The van der Waals surface area contributed by atoms with E-state index in [1.165, 1.54) is 11.3 Å². The first-order valence-corrected chi connectivity index (χ1v) is 12.1. The normalized spacial score (nSPS) is 19.8. The Morgan fingerprint density at radius 3 is 2.65 bits per heavy atom. The van der Waals surface area contributed by atoms with Gasteiger partial charge in [-0.25, -0.2) is 4.79 Å². The van der Waals surface area contributed by atoms with Crippen LogP contribution in [0.15, 0.2) is 66.4 Å². The first-order valence-electron chi connectivity index (χ1n) is 12.1. The molecular formula is C26H33N7O. The van der Waals surface area contributed by atoms with Crippen molar-refractivity contribution in [1.29, 1.82) is 0 Å². The van der Waals surface area contributed by atoms with Gasteiger partial charge in [0.05, 0.1) is 5.69 Å². The lowest BCUT2D eigenvalue weighted by molar-refractivity contribution is 0.244. The zero-order valence-electron chi connectivity index (χ0n) is 19.4. The van der Waals surface area contributed by atoms with E-state index < -0.39 is 0 Å². The predicted molar refractivity (Wildman–Crippen MR) is 137 cm³/mol. The van der Waals surface area contributed by atoms with E-state index in [-0.39, 0.29) is 12.2 Å². The quantitative estimate of drug-likeness (QED) is 0.387. The lowest BCUT2D eigenvalue weighted by Gasteiger charge is -2.30. The van der Waals surface area contributed by atoms with Crippen molar-refractivity contribution < 1.29 is 4.79 Å². The molecule has 34 heavy (non-hydrogen) atoms. The second-order valence-electron chi connectivity index (χ2n) is 8.86. The minimum Gasteiger partial charge on any atom is -0.369 e. The van der Waals surface area contributed by atoms with Crippen LogP contribution in [-0.2, 0) is 6.54 Å². The molecular weight excluding hydrogens is 426 g/mol. The molecule has 6 N–H and O–H groups in total. The molecule has 1 fully saturated rings. The summed E-state index contributed by atoms with van der Waals surface area (Å²) in [7, 11) is 0. The minimum absolute atomic E-state index is 0.140. The molecule has 0 aliphatic carbocycles. The Balaban J connectivity index is 1.30. The molecule has 2 aromatic carbocycles. The maximum Gasteiger partial charge on any atom is 0.327 e. The number of nitrogens with one attached hydrogen (secondary N) is 4. The highest BCUT2D eigenvalue weighted by Crippen LogP contribution is 2.29. The van der Waals surface area contributed by atoms with Gasteiger partial charge in [-0.05, 0) is 61.0 Å². The van der Waals surface area contributed by atoms with Gasteiger partial charge in [0.25, 0.3) is 0 Å². The number of urea groups is 1. The monoisotopic (exact) mass is 459 g/mol.